The first-order valence-electron chi connectivity index (χ1n) is 9.75. The maximum Gasteiger partial charge on any atom is 0.145 e. The van der Waals surface area contributed by atoms with Crippen molar-refractivity contribution < 1.29 is 4.74 Å². The molecule has 0 radical (unpaired) electrons. The number of hydrogen-bond donors (Lipinski definition) is 0. The van der Waals surface area contributed by atoms with Gasteiger partial charge in [0.05, 0.1) is 19.5 Å². The quantitative estimate of drug-likeness (QED) is 0.798. The summed E-state index contributed by atoms with van der Waals surface area (Å²) in [6, 6.07) is 6.99. The third-order valence-electron chi connectivity index (χ3n) is 5.75. The first-order chi connectivity index (χ1) is 12.3. The maximum absolute atomic E-state index is 5.56. The van der Waals surface area contributed by atoms with Gasteiger partial charge < -0.3 is 9.64 Å². The zero-order chi connectivity index (χ0) is 17.2. The van der Waals surface area contributed by atoms with Gasteiger partial charge in [-0.2, -0.15) is 0 Å². The number of benzene rings is 1. The lowest BCUT2D eigenvalue weighted by Gasteiger charge is -2.42. The van der Waals surface area contributed by atoms with Crippen molar-refractivity contribution in [2.24, 2.45) is 0 Å². The molecule has 0 N–H and O–H groups in total. The third kappa shape index (κ3) is 3.08. The van der Waals surface area contributed by atoms with E-state index >= 15 is 0 Å². The largest absolute Gasteiger partial charge is 0.494 e. The summed E-state index contributed by atoms with van der Waals surface area (Å²) in [5.41, 5.74) is 3.77. The van der Waals surface area contributed by atoms with Gasteiger partial charge in [-0.3, -0.25) is 9.88 Å². The molecule has 2 heterocycles. The van der Waals surface area contributed by atoms with Crippen molar-refractivity contribution in [1.29, 1.82) is 0 Å². The molecular formula is C21H29N3O. The molecule has 1 aromatic heterocycles. The number of hydrogen-bond acceptors (Lipinski definition) is 4. The number of pyridine rings is 1. The molecule has 1 aliphatic carbocycles. The van der Waals surface area contributed by atoms with Crippen molar-refractivity contribution in [3.8, 4) is 5.75 Å². The van der Waals surface area contributed by atoms with Crippen LogP contribution in [0.4, 0.5) is 5.69 Å². The van der Waals surface area contributed by atoms with Crippen LogP contribution in [0.25, 0.3) is 10.9 Å². The number of para-hydroxylation sites is 1. The molecule has 1 aliphatic heterocycles. The Morgan fingerprint density at radius 3 is 2.84 bits per heavy atom. The average molecular weight is 339 g/mol. The highest BCUT2D eigenvalue weighted by atomic mass is 16.5. The van der Waals surface area contributed by atoms with E-state index < -0.39 is 0 Å². The summed E-state index contributed by atoms with van der Waals surface area (Å²) in [5, 5.41) is 1.25. The molecule has 0 spiro atoms. The molecule has 4 heteroatoms. The van der Waals surface area contributed by atoms with Crippen LogP contribution in [0, 0.1) is 0 Å². The predicted octanol–water partition coefficient (Wildman–Crippen LogP) is 4.57. The number of unbranched alkanes of at least 4 members (excludes halogenated alkanes) is 1. The fourth-order valence-electron chi connectivity index (χ4n) is 4.47. The minimum absolute atomic E-state index is 0.667. The number of aromatic nitrogens is 1. The normalized spacial score (nSPS) is 18.7. The minimum atomic E-state index is 0.667. The SMILES string of the molecule is CCCCN1Cc2cnc3c(OC)cccc3c2N(C2CCCC2)C1. The topological polar surface area (TPSA) is 28.6 Å². The van der Waals surface area contributed by atoms with Crippen LogP contribution in [-0.2, 0) is 6.54 Å². The molecule has 0 amide bonds. The highest BCUT2D eigenvalue weighted by Crippen LogP contribution is 2.40. The van der Waals surface area contributed by atoms with Gasteiger partial charge in [0.2, 0.25) is 0 Å². The van der Waals surface area contributed by atoms with E-state index in [1.54, 1.807) is 7.11 Å². The van der Waals surface area contributed by atoms with Crippen molar-refractivity contribution >= 4 is 16.6 Å². The zero-order valence-electron chi connectivity index (χ0n) is 15.5. The van der Waals surface area contributed by atoms with Crippen LogP contribution in [0.2, 0.25) is 0 Å². The summed E-state index contributed by atoms with van der Waals surface area (Å²) in [5.74, 6) is 0.875. The van der Waals surface area contributed by atoms with Crippen LogP contribution in [0.1, 0.15) is 51.0 Å². The summed E-state index contributed by atoms with van der Waals surface area (Å²) in [7, 11) is 1.73. The second-order valence-corrected chi connectivity index (χ2v) is 7.44. The first kappa shape index (κ1) is 16.6. The lowest BCUT2D eigenvalue weighted by atomic mass is 10.0. The van der Waals surface area contributed by atoms with Crippen molar-refractivity contribution in [3.05, 3.63) is 30.0 Å². The van der Waals surface area contributed by atoms with E-state index in [-0.39, 0.29) is 0 Å². The fraction of sp³-hybridized carbons (Fsp3) is 0.571. The Morgan fingerprint density at radius 2 is 2.08 bits per heavy atom. The number of rotatable bonds is 5. The molecular weight excluding hydrogens is 310 g/mol. The van der Waals surface area contributed by atoms with Gasteiger partial charge in [0, 0.05) is 36.3 Å². The average Bonchev–Trinajstić information content (AvgIpc) is 3.19. The lowest BCUT2D eigenvalue weighted by Crippen LogP contribution is -2.47. The molecule has 4 rings (SSSR count). The van der Waals surface area contributed by atoms with Crippen LogP contribution in [0.15, 0.2) is 24.4 Å². The second-order valence-electron chi connectivity index (χ2n) is 7.44. The second kappa shape index (κ2) is 7.20. The first-order valence-corrected chi connectivity index (χ1v) is 9.75. The Kier molecular flexibility index (Phi) is 4.80. The number of fused-ring (bicyclic) bond motifs is 3. The molecule has 1 aromatic carbocycles. The van der Waals surface area contributed by atoms with Crippen LogP contribution < -0.4 is 9.64 Å². The Labute approximate surface area is 150 Å². The number of methoxy groups -OCH3 is 1. The summed E-state index contributed by atoms with van der Waals surface area (Å²) in [4.78, 5) is 10.0. The van der Waals surface area contributed by atoms with Gasteiger partial charge in [-0.05, 0) is 25.3 Å². The van der Waals surface area contributed by atoms with E-state index in [1.807, 2.05) is 6.07 Å². The van der Waals surface area contributed by atoms with Crippen molar-refractivity contribution in [1.82, 2.24) is 9.88 Å². The Hall–Kier alpha value is -1.81. The molecule has 134 valence electrons. The highest BCUT2D eigenvalue weighted by molar-refractivity contribution is 5.97. The van der Waals surface area contributed by atoms with Gasteiger partial charge >= 0.3 is 0 Å². The molecule has 0 bridgehead atoms. The van der Waals surface area contributed by atoms with Gasteiger partial charge in [0.15, 0.2) is 0 Å². The molecule has 0 saturated heterocycles. The summed E-state index contributed by atoms with van der Waals surface area (Å²) < 4.78 is 5.56. The van der Waals surface area contributed by atoms with Crippen LogP contribution in [0.3, 0.4) is 0 Å². The molecule has 25 heavy (non-hydrogen) atoms. The van der Waals surface area contributed by atoms with Gasteiger partial charge in [0.25, 0.3) is 0 Å². The van der Waals surface area contributed by atoms with Gasteiger partial charge in [-0.25, -0.2) is 0 Å². The van der Waals surface area contributed by atoms with Crippen LogP contribution in [0.5, 0.6) is 5.75 Å². The smallest absolute Gasteiger partial charge is 0.145 e. The highest BCUT2D eigenvalue weighted by Gasteiger charge is 2.31. The van der Waals surface area contributed by atoms with E-state index in [1.165, 1.54) is 61.7 Å². The summed E-state index contributed by atoms with van der Waals surface area (Å²) in [6.45, 7) is 5.51. The Morgan fingerprint density at radius 1 is 1.24 bits per heavy atom. The molecule has 2 aromatic rings. The third-order valence-corrected chi connectivity index (χ3v) is 5.75. The fourth-order valence-corrected chi connectivity index (χ4v) is 4.47. The van der Waals surface area contributed by atoms with Crippen molar-refractivity contribution in [2.45, 2.75) is 58.0 Å². The standard InChI is InChI=1S/C21H29N3O/c1-3-4-12-23-14-16-13-22-20-18(10-7-11-19(20)25-2)21(16)24(15-23)17-8-5-6-9-17/h7,10-11,13,17H,3-6,8-9,12,14-15H2,1-2H3. The van der Waals surface area contributed by atoms with Gasteiger partial charge in [-0.15, -0.1) is 0 Å². The molecule has 1 saturated carbocycles. The predicted molar refractivity (Wildman–Crippen MR) is 103 cm³/mol. The molecule has 2 aliphatic rings. The zero-order valence-corrected chi connectivity index (χ0v) is 15.5. The van der Waals surface area contributed by atoms with E-state index in [9.17, 15) is 0 Å². The Balaban J connectivity index is 1.80. The lowest BCUT2D eigenvalue weighted by molar-refractivity contribution is 0.239. The molecule has 0 atom stereocenters. The monoisotopic (exact) mass is 339 g/mol. The molecule has 4 nitrogen and oxygen atoms in total. The van der Waals surface area contributed by atoms with E-state index in [4.69, 9.17) is 9.72 Å². The number of nitrogens with zero attached hydrogens (tertiary/aromatic N) is 3. The van der Waals surface area contributed by atoms with Crippen molar-refractivity contribution in [2.75, 3.05) is 25.2 Å². The minimum Gasteiger partial charge on any atom is -0.494 e. The number of anilines is 1. The maximum atomic E-state index is 5.56. The van der Waals surface area contributed by atoms with Crippen LogP contribution in [-0.4, -0.2) is 36.2 Å². The number of ether oxygens (including phenoxy) is 1. The summed E-state index contributed by atoms with van der Waals surface area (Å²) >= 11 is 0. The van der Waals surface area contributed by atoms with Crippen molar-refractivity contribution in [3.63, 3.8) is 0 Å². The van der Waals surface area contributed by atoms with E-state index in [0.29, 0.717) is 6.04 Å². The molecule has 1 fully saturated rings. The summed E-state index contributed by atoms with van der Waals surface area (Å²) in [6.07, 6.45) is 9.95. The van der Waals surface area contributed by atoms with Gasteiger partial charge in [-0.1, -0.05) is 38.3 Å². The van der Waals surface area contributed by atoms with Crippen LogP contribution >= 0.6 is 0 Å². The van der Waals surface area contributed by atoms with E-state index in [2.05, 4.69) is 35.1 Å². The van der Waals surface area contributed by atoms with Gasteiger partial charge in [0.1, 0.15) is 11.3 Å². The molecule has 0 unspecified atom stereocenters. The van der Waals surface area contributed by atoms with E-state index in [0.717, 1.165) is 24.5 Å². The Bertz CT molecular complexity index is 739.